The molecule has 0 saturated carbocycles. The first-order chi connectivity index (χ1) is 13.4. The number of carbonyl (C=O) groups is 2. The summed E-state index contributed by atoms with van der Waals surface area (Å²) in [6.07, 6.45) is 0. The third-order valence-electron chi connectivity index (χ3n) is 3.45. The summed E-state index contributed by atoms with van der Waals surface area (Å²) in [5.74, 6) is -0.538. The van der Waals surface area contributed by atoms with Crippen LogP contribution in [0, 0.1) is 10.1 Å². The van der Waals surface area contributed by atoms with Crippen LogP contribution in [0.2, 0.25) is 0 Å². The van der Waals surface area contributed by atoms with Gasteiger partial charge < -0.3 is 0 Å². The number of non-ortho nitro benzene ring substituents is 1. The fourth-order valence-electron chi connectivity index (χ4n) is 2.13. The molecule has 0 atom stereocenters. The molecule has 0 aliphatic heterocycles. The Labute approximate surface area is 175 Å². The molecule has 0 bridgehead atoms. The number of anilines is 1. The van der Waals surface area contributed by atoms with E-state index in [1.54, 1.807) is 24.3 Å². The van der Waals surface area contributed by atoms with Crippen molar-refractivity contribution >= 4 is 61.5 Å². The number of carbonyl (C=O) groups excluding carboxylic acids is 2. The molecule has 3 rings (SSSR count). The lowest BCUT2D eigenvalue weighted by atomic mass is 10.1. The average molecular weight is 479 g/mol. The van der Waals surface area contributed by atoms with Gasteiger partial charge in [0.05, 0.1) is 16.2 Å². The normalized spacial score (nSPS) is 10.5. The maximum Gasteiger partial charge on any atom is 0.270 e. The predicted molar refractivity (Wildman–Crippen MR) is 110 cm³/mol. The van der Waals surface area contributed by atoms with Gasteiger partial charge in [-0.2, -0.15) is 0 Å². The molecule has 0 spiro atoms. The van der Waals surface area contributed by atoms with Gasteiger partial charge in [-0.25, -0.2) is 0 Å². The van der Waals surface area contributed by atoms with Crippen LogP contribution >= 0.6 is 39.0 Å². The Balaban J connectivity index is 1.60. The third-order valence-corrected chi connectivity index (χ3v) is 6.11. The van der Waals surface area contributed by atoms with E-state index >= 15 is 0 Å². The van der Waals surface area contributed by atoms with E-state index in [9.17, 15) is 19.7 Å². The number of nitrogens with one attached hydrogen (secondary N) is 1. The second kappa shape index (κ2) is 9.04. The van der Waals surface area contributed by atoms with Crippen molar-refractivity contribution in [2.75, 3.05) is 11.1 Å². The molecule has 28 heavy (non-hydrogen) atoms. The van der Waals surface area contributed by atoms with E-state index < -0.39 is 4.92 Å². The largest absolute Gasteiger partial charge is 0.296 e. The number of aromatic nitrogens is 2. The van der Waals surface area contributed by atoms with E-state index in [0.717, 1.165) is 23.1 Å². The van der Waals surface area contributed by atoms with Crippen LogP contribution in [0.1, 0.15) is 20.7 Å². The first-order valence-corrected chi connectivity index (χ1v) is 10.3. The molecule has 0 aliphatic carbocycles. The summed E-state index contributed by atoms with van der Waals surface area (Å²) in [5.41, 5.74) is 0.588. The minimum absolute atomic E-state index is 0.0496. The molecule has 0 aliphatic rings. The summed E-state index contributed by atoms with van der Waals surface area (Å²) in [7, 11) is 0. The topological polar surface area (TPSA) is 115 Å². The predicted octanol–water partition coefficient (Wildman–Crippen LogP) is 4.44. The molecule has 2 aromatic carbocycles. The fourth-order valence-corrected chi connectivity index (χ4v) is 4.24. The highest BCUT2D eigenvalue weighted by molar-refractivity contribution is 9.10. The van der Waals surface area contributed by atoms with Crippen molar-refractivity contribution in [3.8, 4) is 0 Å². The molecule has 1 N–H and O–H groups in total. The van der Waals surface area contributed by atoms with E-state index in [-0.39, 0.29) is 28.7 Å². The number of ketones is 1. The van der Waals surface area contributed by atoms with Crippen molar-refractivity contribution in [2.24, 2.45) is 0 Å². The average Bonchev–Trinajstić information content (AvgIpc) is 3.13. The maximum absolute atomic E-state index is 12.3. The SMILES string of the molecule is O=C(CSc1nnc(NC(=O)c2ccccc2Br)s1)c1cccc([N+](=O)[O-])c1. The molecule has 142 valence electrons. The monoisotopic (exact) mass is 478 g/mol. The number of nitro benzene ring substituents is 1. The van der Waals surface area contributed by atoms with Gasteiger partial charge in [-0.3, -0.25) is 25.0 Å². The van der Waals surface area contributed by atoms with Crippen LogP contribution < -0.4 is 5.32 Å². The van der Waals surface area contributed by atoms with Gasteiger partial charge in [0.25, 0.3) is 11.6 Å². The third kappa shape index (κ3) is 5.00. The highest BCUT2D eigenvalue weighted by atomic mass is 79.9. The number of Topliss-reactive ketones (excluding diaryl/α,β-unsaturated/α-hetero) is 1. The summed E-state index contributed by atoms with van der Waals surface area (Å²) in [4.78, 5) is 34.8. The number of rotatable bonds is 7. The van der Waals surface area contributed by atoms with Gasteiger partial charge in [0, 0.05) is 22.2 Å². The second-order valence-corrected chi connectivity index (χ2v) is 8.38. The summed E-state index contributed by atoms with van der Waals surface area (Å²) in [5, 5.41) is 21.6. The summed E-state index contributed by atoms with van der Waals surface area (Å²) < 4.78 is 1.16. The van der Waals surface area contributed by atoms with E-state index in [2.05, 4.69) is 31.4 Å². The molecule has 3 aromatic rings. The van der Waals surface area contributed by atoms with Crippen LogP contribution in [0.5, 0.6) is 0 Å². The number of halogens is 1. The van der Waals surface area contributed by atoms with Crippen LogP contribution in [0.15, 0.2) is 57.3 Å². The van der Waals surface area contributed by atoms with Gasteiger partial charge >= 0.3 is 0 Å². The second-order valence-electron chi connectivity index (χ2n) is 5.33. The molecular formula is C17H11BrN4O4S2. The van der Waals surface area contributed by atoms with Crippen molar-refractivity contribution in [1.29, 1.82) is 0 Å². The highest BCUT2D eigenvalue weighted by Crippen LogP contribution is 2.27. The summed E-state index contributed by atoms with van der Waals surface area (Å²) >= 11 is 5.60. The molecule has 11 heteroatoms. The first-order valence-electron chi connectivity index (χ1n) is 7.74. The van der Waals surface area contributed by atoms with Crippen molar-refractivity contribution in [3.63, 3.8) is 0 Å². The Morgan fingerprint density at radius 1 is 1.18 bits per heavy atom. The van der Waals surface area contributed by atoms with Crippen molar-refractivity contribution < 1.29 is 14.5 Å². The lowest BCUT2D eigenvalue weighted by Crippen LogP contribution is -2.12. The van der Waals surface area contributed by atoms with Gasteiger partial charge in [-0.15, -0.1) is 10.2 Å². The van der Waals surface area contributed by atoms with E-state index in [1.165, 1.54) is 24.3 Å². The van der Waals surface area contributed by atoms with Gasteiger partial charge in [-0.1, -0.05) is 47.4 Å². The van der Waals surface area contributed by atoms with Crippen LogP contribution in [0.3, 0.4) is 0 Å². The fraction of sp³-hybridized carbons (Fsp3) is 0.0588. The number of hydrogen-bond donors (Lipinski definition) is 1. The Morgan fingerprint density at radius 3 is 2.71 bits per heavy atom. The van der Waals surface area contributed by atoms with E-state index in [4.69, 9.17) is 0 Å². The number of hydrogen-bond acceptors (Lipinski definition) is 8. The summed E-state index contributed by atoms with van der Waals surface area (Å²) in [6.45, 7) is 0. The molecule has 1 aromatic heterocycles. The minimum Gasteiger partial charge on any atom is -0.296 e. The van der Waals surface area contributed by atoms with Crippen LogP contribution in [-0.4, -0.2) is 32.6 Å². The zero-order valence-electron chi connectivity index (χ0n) is 14.0. The van der Waals surface area contributed by atoms with Crippen LogP contribution in [0.4, 0.5) is 10.8 Å². The maximum atomic E-state index is 12.3. The lowest BCUT2D eigenvalue weighted by Gasteiger charge is -2.02. The van der Waals surface area contributed by atoms with Gasteiger partial charge in [-0.05, 0) is 28.1 Å². The van der Waals surface area contributed by atoms with Crippen molar-refractivity contribution in [2.45, 2.75) is 4.34 Å². The van der Waals surface area contributed by atoms with Crippen molar-refractivity contribution in [1.82, 2.24) is 10.2 Å². The Bertz CT molecular complexity index is 1060. The Morgan fingerprint density at radius 2 is 1.96 bits per heavy atom. The lowest BCUT2D eigenvalue weighted by molar-refractivity contribution is -0.384. The quantitative estimate of drug-likeness (QED) is 0.175. The molecule has 0 saturated heterocycles. The number of thioether (sulfide) groups is 1. The van der Waals surface area contributed by atoms with E-state index in [0.29, 0.717) is 19.5 Å². The highest BCUT2D eigenvalue weighted by Gasteiger charge is 2.15. The van der Waals surface area contributed by atoms with Gasteiger partial charge in [0.15, 0.2) is 10.1 Å². The smallest absolute Gasteiger partial charge is 0.270 e. The number of nitrogens with zero attached hydrogens (tertiary/aromatic N) is 3. The molecular weight excluding hydrogens is 468 g/mol. The molecule has 1 amide bonds. The molecule has 8 nitrogen and oxygen atoms in total. The zero-order chi connectivity index (χ0) is 20.1. The summed E-state index contributed by atoms with van der Waals surface area (Å²) in [6, 6.07) is 12.6. The molecule has 0 radical (unpaired) electrons. The van der Waals surface area contributed by atoms with Crippen molar-refractivity contribution in [3.05, 3.63) is 74.2 Å². The van der Waals surface area contributed by atoms with Gasteiger partial charge in [0.2, 0.25) is 5.13 Å². The zero-order valence-corrected chi connectivity index (χ0v) is 17.2. The number of amides is 1. The Hall–Kier alpha value is -2.63. The van der Waals surface area contributed by atoms with Crippen LogP contribution in [0.25, 0.3) is 0 Å². The number of benzene rings is 2. The van der Waals surface area contributed by atoms with E-state index in [1.807, 2.05) is 0 Å². The Kier molecular flexibility index (Phi) is 6.49. The van der Waals surface area contributed by atoms with Gasteiger partial charge in [0.1, 0.15) is 0 Å². The number of nitro groups is 1. The first kappa shape index (κ1) is 20.1. The molecule has 0 fully saturated rings. The van der Waals surface area contributed by atoms with Crippen LogP contribution in [-0.2, 0) is 0 Å². The molecule has 1 heterocycles. The minimum atomic E-state index is -0.547. The standard InChI is InChI=1S/C17H11BrN4O4S2/c18-13-7-2-1-6-12(13)15(24)19-16-20-21-17(28-16)27-9-14(23)10-4-3-5-11(8-10)22(25)26/h1-8H,9H2,(H,19,20,24). The molecule has 0 unspecified atom stereocenters.